The van der Waals surface area contributed by atoms with E-state index in [0.717, 1.165) is 10.4 Å². The van der Waals surface area contributed by atoms with Crippen molar-refractivity contribution >= 4 is 22.8 Å². The van der Waals surface area contributed by atoms with Crippen LogP contribution in [0, 0.1) is 6.92 Å². The lowest BCUT2D eigenvalue weighted by Crippen LogP contribution is -2.18. The van der Waals surface area contributed by atoms with E-state index < -0.39 is 0 Å². The molecule has 0 atom stereocenters. The predicted octanol–water partition coefficient (Wildman–Crippen LogP) is 5.16. The zero-order chi connectivity index (χ0) is 19.7. The standard InChI is InChI=1S/C23H21N3OS/c1-15(2)26-22(17-9-5-4-6-10-17)16(3)28-23(26)25-24-20-13-14-21(27)19-12-8-7-11-18(19)20/h4-15H,1-3H3/b24-20+,25-23+. The number of nitrogens with zero attached hydrogens (tertiary/aromatic N) is 3. The highest BCUT2D eigenvalue weighted by Gasteiger charge is 2.17. The Bertz CT molecular complexity index is 1160. The van der Waals surface area contributed by atoms with Crippen molar-refractivity contribution < 1.29 is 4.79 Å². The maximum Gasteiger partial charge on any atom is 0.211 e. The Kier molecular flexibility index (Phi) is 4.92. The number of benzene rings is 2. The van der Waals surface area contributed by atoms with Crippen LogP contribution >= 0.6 is 11.3 Å². The molecule has 28 heavy (non-hydrogen) atoms. The van der Waals surface area contributed by atoms with Gasteiger partial charge in [0.1, 0.15) is 0 Å². The van der Waals surface area contributed by atoms with Crippen LogP contribution in [-0.4, -0.2) is 16.1 Å². The first-order valence-corrected chi connectivity index (χ1v) is 10.1. The predicted molar refractivity (Wildman–Crippen MR) is 115 cm³/mol. The summed E-state index contributed by atoms with van der Waals surface area (Å²) in [6.07, 6.45) is 3.30. The maximum atomic E-state index is 12.1. The normalized spacial score (nSPS) is 15.5. The molecule has 0 bridgehead atoms. The lowest BCUT2D eigenvalue weighted by atomic mass is 9.94. The van der Waals surface area contributed by atoms with Gasteiger partial charge in [-0.15, -0.1) is 10.2 Å². The van der Waals surface area contributed by atoms with Gasteiger partial charge in [0.25, 0.3) is 0 Å². The second kappa shape index (κ2) is 7.52. The van der Waals surface area contributed by atoms with Crippen LogP contribution in [0.3, 0.4) is 0 Å². The Hall–Kier alpha value is -3.05. The summed E-state index contributed by atoms with van der Waals surface area (Å²) in [4.78, 5) is 14.1. The number of ketones is 1. The molecule has 4 rings (SSSR count). The number of carbonyl (C=O) groups is 1. The summed E-state index contributed by atoms with van der Waals surface area (Å²) in [6, 6.07) is 18.1. The number of hydrogen-bond acceptors (Lipinski definition) is 4. The molecule has 0 saturated carbocycles. The molecule has 3 aromatic rings. The van der Waals surface area contributed by atoms with E-state index in [9.17, 15) is 4.79 Å². The first kappa shape index (κ1) is 18.3. The van der Waals surface area contributed by atoms with Crippen molar-refractivity contribution in [2.24, 2.45) is 10.2 Å². The topological polar surface area (TPSA) is 46.7 Å². The van der Waals surface area contributed by atoms with Crippen molar-refractivity contribution in [1.29, 1.82) is 0 Å². The molecule has 0 fully saturated rings. The van der Waals surface area contributed by atoms with Gasteiger partial charge in [-0.3, -0.25) is 4.79 Å². The van der Waals surface area contributed by atoms with Crippen LogP contribution in [0.25, 0.3) is 11.3 Å². The van der Waals surface area contributed by atoms with Crippen molar-refractivity contribution in [2.75, 3.05) is 0 Å². The van der Waals surface area contributed by atoms with Gasteiger partial charge in [0.2, 0.25) is 4.80 Å². The van der Waals surface area contributed by atoms with Crippen LogP contribution in [0.5, 0.6) is 0 Å². The fourth-order valence-corrected chi connectivity index (χ4v) is 4.49. The van der Waals surface area contributed by atoms with Gasteiger partial charge in [-0.2, -0.15) is 0 Å². The highest BCUT2D eigenvalue weighted by atomic mass is 32.1. The molecular weight excluding hydrogens is 366 g/mol. The zero-order valence-corrected chi connectivity index (χ0v) is 16.9. The molecule has 1 aromatic heterocycles. The first-order valence-electron chi connectivity index (χ1n) is 9.27. The molecule has 140 valence electrons. The zero-order valence-electron chi connectivity index (χ0n) is 16.1. The number of allylic oxidation sites excluding steroid dienone is 2. The third kappa shape index (κ3) is 3.29. The average Bonchev–Trinajstić information content (AvgIpc) is 3.05. The fourth-order valence-electron chi connectivity index (χ4n) is 3.43. The highest BCUT2D eigenvalue weighted by molar-refractivity contribution is 7.09. The number of hydrogen-bond donors (Lipinski definition) is 0. The van der Waals surface area contributed by atoms with Gasteiger partial charge in [-0.25, -0.2) is 0 Å². The van der Waals surface area contributed by atoms with Crippen molar-refractivity contribution in [3.8, 4) is 11.3 Å². The van der Waals surface area contributed by atoms with Crippen LogP contribution < -0.4 is 4.80 Å². The van der Waals surface area contributed by atoms with Gasteiger partial charge < -0.3 is 4.57 Å². The lowest BCUT2D eigenvalue weighted by molar-refractivity contribution is 0.104. The van der Waals surface area contributed by atoms with E-state index in [2.05, 4.69) is 59.8 Å². The van der Waals surface area contributed by atoms with Gasteiger partial charge in [-0.05, 0) is 38.5 Å². The second-order valence-electron chi connectivity index (χ2n) is 6.95. The van der Waals surface area contributed by atoms with E-state index in [4.69, 9.17) is 0 Å². The van der Waals surface area contributed by atoms with Gasteiger partial charge in [-0.1, -0.05) is 65.9 Å². The summed E-state index contributed by atoms with van der Waals surface area (Å²) < 4.78 is 2.23. The fraction of sp³-hybridized carbons (Fsp3) is 0.174. The quantitative estimate of drug-likeness (QED) is 0.572. The van der Waals surface area contributed by atoms with Crippen LogP contribution in [0.1, 0.15) is 40.7 Å². The minimum absolute atomic E-state index is 0.00475. The summed E-state index contributed by atoms with van der Waals surface area (Å²) in [7, 11) is 0. The monoisotopic (exact) mass is 387 g/mol. The number of thiazole rings is 1. The van der Waals surface area contributed by atoms with Gasteiger partial charge in [0.05, 0.1) is 11.4 Å². The van der Waals surface area contributed by atoms with E-state index in [1.165, 1.54) is 16.1 Å². The molecule has 0 aliphatic heterocycles. The summed E-state index contributed by atoms with van der Waals surface area (Å²) in [5.41, 5.74) is 4.55. The molecule has 1 heterocycles. The largest absolute Gasteiger partial charge is 0.312 e. The van der Waals surface area contributed by atoms with E-state index in [1.807, 2.05) is 30.3 Å². The molecule has 1 aliphatic carbocycles. The highest BCUT2D eigenvalue weighted by Crippen LogP contribution is 2.27. The average molecular weight is 388 g/mol. The molecule has 4 nitrogen and oxygen atoms in total. The Labute approximate surface area is 168 Å². The van der Waals surface area contributed by atoms with Crippen LogP contribution in [0.15, 0.2) is 77.0 Å². The van der Waals surface area contributed by atoms with Gasteiger partial charge in [0, 0.05) is 22.0 Å². The molecule has 0 saturated heterocycles. The number of aryl methyl sites for hydroxylation is 1. The van der Waals surface area contributed by atoms with Crippen molar-refractivity contribution in [3.05, 3.63) is 87.6 Å². The minimum Gasteiger partial charge on any atom is -0.312 e. The summed E-state index contributed by atoms with van der Waals surface area (Å²) >= 11 is 1.63. The second-order valence-corrected chi connectivity index (χ2v) is 8.13. The number of rotatable bonds is 3. The molecule has 1 aliphatic rings. The van der Waals surface area contributed by atoms with Gasteiger partial charge in [0.15, 0.2) is 5.78 Å². The smallest absolute Gasteiger partial charge is 0.211 e. The first-order chi connectivity index (χ1) is 13.6. The molecule has 2 aromatic carbocycles. The third-order valence-electron chi connectivity index (χ3n) is 4.69. The Balaban J connectivity index is 1.87. The molecular formula is C23H21N3OS. The van der Waals surface area contributed by atoms with E-state index in [1.54, 1.807) is 23.5 Å². The number of fused-ring (bicyclic) bond motifs is 1. The van der Waals surface area contributed by atoms with Gasteiger partial charge >= 0.3 is 0 Å². The SMILES string of the molecule is Cc1s/c(=N/N=C2\C=CC(=O)c3ccccc32)n(C(C)C)c1-c1ccccc1. The summed E-state index contributed by atoms with van der Waals surface area (Å²) in [5.74, 6) is 0.00475. The van der Waals surface area contributed by atoms with Crippen LogP contribution in [0.2, 0.25) is 0 Å². The molecule has 0 radical (unpaired) electrons. The molecule has 0 unspecified atom stereocenters. The molecule has 0 spiro atoms. The number of aromatic nitrogens is 1. The van der Waals surface area contributed by atoms with E-state index in [-0.39, 0.29) is 11.8 Å². The third-order valence-corrected chi connectivity index (χ3v) is 5.65. The van der Waals surface area contributed by atoms with E-state index in [0.29, 0.717) is 11.3 Å². The van der Waals surface area contributed by atoms with Crippen LogP contribution in [0.4, 0.5) is 0 Å². The Morgan fingerprint density at radius 2 is 1.57 bits per heavy atom. The van der Waals surface area contributed by atoms with E-state index >= 15 is 0 Å². The lowest BCUT2D eigenvalue weighted by Gasteiger charge is -2.13. The molecule has 5 heteroatoms. The molecule has 0 amide bonds. The van der Waals surface area contributed by atoms with Crippen molar-refractivity contribution in [1.82, 2.24) is 4.57 Å². The molecule has 0 N–H and O–H groups in total. The summed E-state index contributed by atoms with van der Waals surface area (Å²) in [5, 5.41) is 9.10. The van der Waals surface area contributed by atoms with Crippen molar-refractivity contribution in [3.63, 3.8) is 0 Å². The maximum absolute atomic E-state index is 12.1. The van der Waals surface area contributed by atoms with Crippen LogP contribution in [-0.2, 0) is 0 Å². The Morgan fingerprint density at radius 1 is 0.893 bits per heavy atom. The minimum atomic E-state index is 0.00475. The number of carbonyl (C=O) groups excluding carboxylic acids is 1. The van der Waals surface area contributed by atoms with Crippen molar-refractivity contribution in [2.45, 2.75) is 26.8 Å². The summed E-state index contributed by atoms with van der Waals surface area (Å²) in [6.45, 7) is 6.42. The Morgan fingerprint density at radius 3 is 2.29 bits per heavy atom.